The minimum absolute atomic E-state index is 0.0923. The summed E-state index contributed by atoms with van der Waals surface area (Å²) in [6.07, 6.45) is 2.55. The molecule has 0 aromatic heterocycles. The van der Waals surface area contributed by atoms with Crippen LogP contribution in [0.25, 0.3) is 10.8 Å². The van der Waals surface area contributed by atoms with Gasteiger partial charge in [-0.15, -0.1) is 0 Å². The molecule has 30 heavy (non-hydrogen) atoms. The number of nitrogens with one attached hydrogen (secondary N) is 1. The number of methoxy groups -OCH3 is 2. The molecule has 0 fully saturated rings. The highest BCUT2D eigenvalue weighted by atomic mass is 16.5. The van der Waals surface area contributed by atoms with Gasteiger partial charge in [0.2, 0.25) is 0 Å². The summed E-state index contributed by atoms with van der Waals surface area (Å²) in [5.74, 6) is 1.43. The summed E-state index contributed by atoms with van der Waals surface area (Å²) in [5.41, 5.74) is 3.75. The van der Waals surface area contributed by atoms with Gasteiger partial charge in [-0.25, -0.2) is 5.43 Å². The third-order valence-electron chi connectivity index (χ3n) is 4.78. The molecule has 0 saturated heterocycles. The monoisotopic (exact) mass is 406 g/mol. The number of rotatable bonds is 8. The Labute approximate surface area is 176 Å². The molecule has 0 spiro atoms. The molecule has 0 radical (unpaired) electrons. The van der Waals surface area contributed by atoms with Gasteiger partial charge in [0.15, 0.2) is 11.5 Å². The number of benzene rings is 3. The van der Waals surface area contributed by atoms with Gasteiger partial charge in [-0.05, 0) is 60.0 Å². The van der Waals surface area contributed by atoms with Crippen molar-refractivity contribution in [3.8, 4) is 17.2 Å². The first kappa shape index (κ1) is 21.2. The second-order valence-electron chi connectivity index (χ2n) is 6.85. The van der Waals surface area contributed by atoms with E-state index in [2.05, 4.69) is 17.5 Å². The number of carbonyl (C=O) groups excluding carboxylic acids is 1. The Morgan fingerprint density at radius 3 is 2.37 bits per heavy atom. The Bertz CT molecular complexity index is 1060. The first-order valence-corrected chi connectivity index (χ1v) is 9.80. The normalized spacial score (nSPS) is 12.0. The van der Waals surface area contributed by atoms with E-state index in [-0.39, 0.29) is 12.0 Å². The zero-order valence-corrected chi connectivity index (χ0v) is 17.6. The van der Waals surface area contributed by atoms with Crippen LogP contribution >= 0.6 is 0 Å². The van der Waals surface area contributed by atoms with Crippen LogP contribution in [0.1, 0.15) is 36.2 Å². The molecule has 3 aromatic carbocycles. The van der Waals surface area contributed by atoms with E-state index in [0.29, 0.717) is 22.8 Å². The molecule has 156 valence electrons. The number of hydrazone groups is 1. The SMILES string of the molecule is CC[C@H](C)Oc1ccc(/C=N\NC(=O)c2cc3ccccc3cc2OC)cc1OC. The maximum Gasteiger partial charge on any atom is 0.275 e. The quantitative estimate of drug-likeness (QED) is 0.431. The fourth-order valence-electron chi connectivity index (χ4n) is 2.95. The lowest BCUT2D eigenvalue weighted by atomic mass is 10.1. The number of amides is 1. The molecule has 6 heteroatoms. The predicted molar refractivity (Wildman–Crippen MR) is 119 cm³/mol. The summed E-state index contributed by atoms with van der Waals surface area (Å²) in [7, 11) is 3.13. The van der Waals surface area contributed by atoms with Crippen LogP contribution in [0.4, 0.5) is 0 Å². The van der Waals surface area contributed by atoms with Gasteiger partial charge in [-0.3, -0.25) is 4.79 Å². The smallest absolute Gasteiger partial charge is 0.275 e. The summed E-state index contributed by atoms with van der Waals surface area (Å²) in [6.45, 7) is 4.07. The highest BCUT2D eigenvalue weighted by molar-refractivity contribution is 6.02. The summed E-state index contributed by atoms with van der Waals surface area (Å²) in [4.78, 5) is 12.6. The van der Waals surface area contributed by atoms with Gasteiger partial charge in [0.05, 0.1) is 32.1 Å². The number of hydrogen-bond acceptors (Lipinski definition) is 5. The van der Waals surface area contributed by atoms with E-state index in [4.69, 9.17) is 14.2 Å². The van der Waals surface area contributed by atoms with E-state index in [1.165, 1.54) is 0 Å². The summed E-state index contributed by atoms with van der Waals surface area (Å²) < 4.78 is 16.6. The average molecular weight is 406 g/mol. The van der Waals surface area contributed by atoms with E-state index >= 15 is 0 Å². The third-order valence-corrected chi connectivity index (χ3v) is 4.78. The molecule has 0 aliphatic heterocycles. The van der Waals surface area contributed by atoms with E-state index in [0.717, 1.165) is 22.8 Å². The number of ether oxygens (including phenoxy) is 3. The van der Waals surface area contributed by atoms with Gasteiger partial charge in [0.1, 0.15) is 5.75 Å². The highest BCUT2D eigenvalue weighted by Crippen LogP contribution is 2.29. The van der Waals surface area contributed by atoms with Crippen LogP contribution < -0.4 is 19.6 Å². The molecule has 3 aromatic rings. The number of carbonyl (C=O) groups is 1. The van der Waals surface area contributed by atoms with E-state index in [1.807, 2.05) is 55.5 Å². The molecule has 0 heterocycles. The lowest BCUT2D eigenvalue weighted by Gasteiger charge is -2.15. The van der Waals surface area contributed by atoms with Crippen molar-refractivity contribution < 1.29 is 19.0 Å². The van der Waals surface area contributed by atoms with E-state index in [9.17, 15) is 4.79 Å². The molecule has 1 N–H and O–H groups in total. The molecule has 3 rings (SSSR count). The summed E-state index contributed by atoms with van der Waals surface area (Å²) >= 11 is 0. The molecule has 0 aliphatic carbocycles. The van der Waals surface area contributed by atoms with E-state index in [1.54, 1.807) is 26.5 Å². The molecule has 0 saturated carbocycles. The zero-order chi connectivity index (χ0) is 21.5. The molecule has 1 atom stereocenters. The van der Waals surface area contributed by atoms with Crippen molar-refractivity contribution in [2.75, 3.05) is 14.2 Å². The van der Waals surface area contributed by atoms with Gasteiger partial charge < -0.3 is 14.2 Å². The van der Waals surface area contributed by atoms with Crippen molar-refractivity contribution in [3.63, 3.8) is 0 Å². The van der Waals surface area contributed by atoms with Crippen molar-refractivity contribution in [2.24, 2.45) is 5.10 Å². The maximum atomic E-state index is 12.6. The first-order valence-electron chi connectivity index (χ1n) is 9.80. The van der Waals surface area contributed by atoms with Crippen molar-refractivity contribution >= 4 is 22.9 Å². The van der Waals surface area contributed by atoms with Crippen LogP contribution in [0.2, 0.25) is 0 Å². The van der Waals surface area contributed by atoms with Crippen molar-refractivity contribution in [1.29, 1.82) is 0 Å². The minimum Gasteiger partial charge on any atom is -0.496 e. The number of hydrogen-bond donors (Lipinski definition) is 1. The van der Waals surface area contributed by atoms with Gasteiger partial charge in [0.25, 0.3) is 5.91 Å². The number of fused-ring (bicyclic) bond motifs is 1. The molecule has 0 aliphatic rings. The lowest BCUT2D eigenvalue weighted by Crippen LogP contribution is -2.18. The minimum atomic E-state index is -0.349. The van der Waals surface area contributed by atoms with Crippen LogP contribution in [-0.2, 0) is 0 Å². The van der Waals surface area contributed by atoms with Crippen LogP contribution in [0.3, 0.4) is 0 Å². The second kappa shape index (κ2) is 9.78. The molecule has 1 amide bonds. The van der Waals surface area contributed by atoms with Crippen LogP contribution in [0.15, 0.2) is 59.7 Å². The van der Waals surface area contributed by atoms with Gasteiger partial charge in [0, 0.05) is 0 Å². The molecular formula is C24H26N2O4. The summed E-state index contributed by atoms with van der Waals surface area (Å²) in [5, 5.41) is 6.03. The molecule has 6 nitrogen and oxygen atoms in total. The van der Waals surface area contributed by atoms with Crippen LogP contribution in [0.5, 0.6) is 17.2 Å². The predicted octanol–water partition coefficient (Wildman–Crippen LogP) is 4.80. The average Bonchev–Trinajstić information content (AvgIpc) is 2.78. The van der Waals surface area contributed by atoms with Gasteiger partial charge in [-0.1, -0.05) is 31.2 Å². The highest BCUT2D eigenvalue weighted by Gasteiger charge is 2.13. The topological polar surface area (TPSA) is 69.2 Å². The second-order valence-corrected chi connectivity index (χ2v) is 6.85. The lowest BCUT2D eigenvalue weighted by molar-refractivity contribution is 0.0952. The van der Waals surface area contributed by atoms with Crippen molar-refractivity contribution in [1.82, 2.24) is 5.43 Å². The van der Waals surface area contributed by atoms with E-state index < -0.39 is 0 Å². The molecule has 0 bridgehead atoms. The fraction of sp³-hybridized carbons (Fsp3) is 0.250. The standard InChI is InChI=1S/C24H26N2O4/c1-5-16(2)30-21-11-10-17(12-23(21)29-4)15-25-26-24(27)20-13-18-8-6-7-9-19(18)14-22(20)28-3/h6-16H,5H2,1-4H3,(H,26,27)/b25-15-/t16-/m0/s1. The van der Waals surface area contributed by atoms with Crippen molar-refractivity contribution in [3.05, 3.63) is 65.7 Å². The van der Waals surface area contributed by atoms with Gasteiger partial charge in [-0.2, -0.15) is 5.10 Å². The Kier molecular flexibility index (Phi) is 6.91. The Balaban J connectivity index is 1.75. The van der Waals surface area contributed by atoms with Crippen LogP contribution in [-0.4, -0.2) is 32.4 Å². The summed E-state index contributed by atoms with van der Waals surface area (Å²) in [6, 6.07) is 16.9. The number of nitrogens with zero attached hydrogens (tertiary/aromatic N) is 1. The Morgan fingerprint density at radius 2 is 1.70 bits per heavy atom. The molecular weight excluding hydrogens is 380 g/mol. The first-order chi connectivity index (χ1) is 14.5. The zero-order valence-electron chi connectivity index (χ0n) is 17.6. The van der Waals surface area contributed by atoms with Crippen LogP contribution in [0, 0.1) is 0 Å². The van der Waals surface area contributed by atoms with Gasteiger partial charge >= 0.3 is 0 Å². The molecule has 0 unspecified atom stereocenters. The largest absolute Gasteiger partial charge is 0.496 e. The Morgan fingerprint density at radius 1 is 1.00 bits per heavy atom. The maximum absolute atomic E-state index is 12.6. The third kappa shape index (κ3) is 4.89. The van der Waals surface area contributed by atoms with Crippen molar-refractivity contribution in [2.45, 2.75) is 26.4 Å². The Hall–Kier alpha value is -3.54. The fourth-order valence-corrected chi connectivity index (χ4v) is 2.95.